The average Bonchev–Trinajstić information content (AvgIpc) is 2.21. The highest BCUT2D eigenvalue weighted by Crippen LogP contribution is 2.43. The number of phenolic OH excluding ortho intramolecular Hbond substituents is 1. The Balaban J connectivity index is 3.56. The number of aromatic hydroxyl groups is 1. The molecule has 0 amide bonds. The maximum Gasteiger partial charge on any atom is 0.426 e. The molecule has 2 N–H and O–H groups in total. The van der Waals surface area contributed by atoms with E-state index in [1.165, 1.54) is 0 Å². The van der Waals surface area contributed by atoms with Crippen LogP contribution in [0.5, 0.6) is 5.75 Å². The van der Waals surface area contributed by atoms with Gasteiger partial charge in [-0.25, -0.2) is 0 Å². The number of aliphatic hydroxyl groups is 1. The second kappa shape index (κ2) is 4.49. The number of hydrogen-bond donors (Lipinski definition) is 2. The zero-order valence-electron chi connectivity index (χ0n) is 8.26. The van der Waals surface area contributed by atoms with E-state index in [9.17, 15) is 28.2 Å². The largest absolute Gasteiger partial charge is 0.546 e. The topological polar surface area (TPSA) is 80.6 Å². The van der Waals surface area contributed by atoms with Crippen LogP contribution in [0.4, 0.5) is 13.2 Å². The van der Waals surface area contributed by atoms with Crippen molar-refractivity contribution in [2.75, 3.05) is 0 Å². The molecule has 9 heteroatoms. The summed E-state index contributed by atoms with van der Waals surface area (Å²) in [6.45, 7) is 0. The van der Waals surface area contributed by atoms with Crippen LogP contribution in [-0.4, -0.2) is 22.4 Å². The number of benzene rings is 1. The minimum Gasteiger partial charge on any atom is -0.546 e. The first-order valence-corrected chi connectivity index (χ1v) is 4.96. The van der Waals surface area contributed by atoms with Gasteiger partial charge in [0, 0.05) is 5.56 Å². The van der Waals surface area contributed by atoms with Crippen molar-refractivity contribution >= 4 is 29.2 Å². The number of phenols is 1. The molecule has 1 aromatic rings. The summed E-state index contributed by atoms with van der Waals surface area (Å²) in [5.41, 5.74) is -5.43. The number of carbonyl (C=O) groups is 1. The standard InChI is InChI=1S/C9H5Cl2F3O4/c10-4-1-3(2-5(11)6(4)15)8(18,7(16)17)9(12,13)14/h1-2,15,18H,(H,16,17)/p-1/t8-/m1/s1. The number of aliphatic carboxylic acids is 1. The van der Waals surface area contributed by atoms with Crippen molar-refractivity contribution in [1.82, 2.24) is 0 Å². The summed E-state index contributed by atoms with van der Waals surface area (Å²) in [7, 11) is 0. The molecule has 0 aliphatic rings. The van der Waals surface area contributed by atoms with Crippen LogP contribution in [0.15, 0.2) is 12.1 Å². The number of hydrogen-bond acceptors (Lipinski definition) is 4. The van der Waals surface area contributed by atoms with E-state index in [4.69, 9.17) is 28.3 Å². The second-order valence-electron chi connectivity index (χ2n) is 3.28. The van der Waals surface area contributed by atoms with Gasteiger partial charge in [-0.1, -0.05) is 23.2 Å². The van der Waals surface area contributed by atoms with Crippen LogP contribution in [0.1, 0.15) is 5.56 Å². The second-order valence-corrected chi connectivity index (χ2v) is 4.10. The summed E-state index contributed by atoms with van der Waals surface area (Å²) in [5.74, 6) is -3.52. The zero-order valence-corrected chi connectivity index (χ0v) is 9.77. The molecule has 0 saturated heterocycles. The molecule has 0 aromatic heterocycles. The number of rotatable bonds is 2. The van der Waals surface area contributed by atoms with E-state index >= 15 is 0 Å². The normalized spacial score (nSPS) is 15.2. The first-order chi connectivity index (χ1) is 8.01. The third kappa shape index (κ3) is 2.21. The molecular formula is C9H4Cl2F3O4-. The lowest BCUT2D eigenvalue weighted by atomic mass is 9.93. The maximum absolute atomic E-state index is 12.6. The smallest absolute Gasteiger partial charge is 0.426 e. The van der Waals surface area contributed by atoms with Crippen molar-refractivity contribution in [1.29, 1.82) is 0 Å². The van der Waals surface area contributed by atoms with Crippen LogP contribution in [0.2, 0.25) is 10.0 Å². The number of carboxylic acids is 1. The predicted molar refractivity (Wildman–Crippen MR) is 53.1 cm³/mol. The van der Waals surface area contributed by atoms with E-state index in [2.05, 4.69) is 0 Å². The Hall–Kier alpha value is -1.18. The van der Waals surface area contributed by atoms with E-state index in [0.717, 1.165) is 0 Å². The molecular weight excluding hydrogens is 300 g/mol. The van der Waals surface area contributed by atoms with E-state index in [1.54, 1.807) is 0 Å². The fourth-order valence-corrected chi connectivity index (χ4v) is 1.66. The molecule has 0 aliphatic carbocycles. The van der Waals surface area contributed by atoms with Crippen LogP contribution in [-0.2, 0) is 10.4 Å². The van der Waals surface area contributed by atoms with Crippen molar-refractivity contribution < 1.29 is 33.3 Å². The minimum absolute atomic E-state index is 0.437. The van der Waals surface area contributed by atoms with Gasteiger partial charge in [-0.15, -0.1) is 0 Å². The molecule has 0 spiro atoms. The van der Waals surface area contributed by atoms with Gasteiger partial charge >= 0.3 is 6.18 Å². The van der Waals surface area contributed by atoms with Gasteiger partial charge in [0.05, 0.1) is 16.0 Å². The molecule has 0 heterocycles. The summed E-state index contributed by atoms with van der Waals surface area (Å²) in [6, 6.07) is 0.873. The number of carboxylic acid groups (broad SMARTS) is 1. The number of halogens is 5. The van der Waals surface area contributed by atoms with Crippen molar-refractivity contribution in [3.05, 3.63) is 27.7 Å². The van der Waals surface area contributed by atoms with Gasteiger partial charge in [0.2, 0.25) is 5.60 Å². The van der Waals surface area contributed by atoms with Crippen LogP contribution in [0.25, 0.3) is 0 Å². The van der Waals surface area contributed by atoms with Crippen molar-refractivity contribution in [3.63, 3.8) is 0 Å². The summed E-state index contributed by atoms with van der Waals surface area (Å²) >= 11 is 10.7. The van der Waals surface area contributed by atoms with Gasteiger partial charge in [-0.3, -0.25) is 0 Å². The fourth-order valence-electron chi connectivity index (χ4n) is 1.17. The van der Waals surface area contributed by atoms with E-state index < -0.39 is 39.1 Å². The summed E-state index contributed by atoms with van der Waals surface area (Å²) in [6.07, 6.45) is -5.55. The van der Waals surface area contributed by atoms with Gasteiger partial charge < -0.3 is 20.1 Å². The summed E-state index contributed by atoms with van der Waals surface area (Å²) in [4.78, 5) is 10.5. The first kappa shape index (κ1) is 14.9. The van der Waals surface area contributed by atoms with E-state index in [-0.39, 0.29) is 0 Å². The predicted octanol–water partition coefficient (Wildman–Crippen LogP) is 1.20. The lowest BCUT2D eigenvalue weighted by Gasteiger charge is -2.31. The third-order valence-electron chi connectivity index (χ3n) is 2.14. The highest BCUT2D eigenvalue weighted by Gasteiger charge is 2.56. The lowest BCUT2D eigenvalue weighted by molar-refractivity contribution is -0.357. The van der Waals surface area contributed by atoms with Gasteiger partial charge in [-0.05, 0) is 12.1 Å². The van der Waals surface area contributed by atoms with Crippen LogP contribution >= 0.6 is 23.2 Å². The molecule has 0 bridgehead atoms. The molecule has 0 fully saturated rings. The highest BCUT2D eigenvalue weighted by molar-refractivity contribution is 6.37. The fraction of sp³-hybridized carbons (Fsp3) is 0.222. The zero-order chi connectivity index (χ0) is 14.3. The quantitative estimate of drug-likeness (QED) is 0.860. The van der Waals surface area contributed by atoms with Crippen LogP contribution in [0.3, 0.4) is 0 Å². The highest BCUT2D eigenvalue weighted by atomic mass is 35.5. The maximum atomic E-state index is 12.6. The van der Waals surface area contributed by atoms with Gasteiger partial charge in [0.1, 0.15) is 0 Å². The van der Waals surface area contributed by atoms with Gasteiger partial charge in [0.15, 0.2) is 5.75 Å². The molecule has 1 rings (SSSR count). The van der Waals surface area contributed by atoms with Crippen molar-refractivity contribution in [3.8, 4) is 5.75 Å². The molecule has 0 aliphatic heterocycles. The first-order valence-electron chi connectivity index (χ1n) is 4.21. The Labute approximate surface area is 108 Å². The molecule has 4 nitrogen and oxygen atoms in total. The Morgan fingerprint density at radius 2 is 1.61 bits per heavy atom. The minimum atomic E-state index is -5.55. The third-order valence-corrected chi connectivity index (χ3v) is 2.72. The molecule has 0 radical (unpaired) electrons. The van der Waals surface area contributed by atoms with Crippen molar-refractivity contribution in [2.45, 2.75) is 11.8 Å². The Kier molecular flexibility index (Phi) is 3.71. The lowest BCUT2D eigenvalue weighted by Crippen LogP contribution is -2.55. The van der Waals surface area contributed by atoms with Gasteiger partial charge in [0.25, 0.3) is 0 Å². The molecule has 1 atom stereocenters. The van der Waals surface area contributed by atoms with Gasteiger partial charge in [-0.2, -0.15) is 13.2 Å². The van der Waals surface area contributed by atoms with E-state index in [0.29, 0.717) is 12.1 Å². The average molecular weight is 304 g/mol. The number of carbonyl (C=O) groups excluding carboxylic acids is 1. The Bertz CT molecular complexity index is 480. The Morgan fingerprint density at radius 3 is 1.89 bits per heavy atom. The Morgan fingerprint density at radius 1 is 1.22 bits per heavy atom. The molecule has 1 aromatic carbocycles. The van der Waals surface area contributed by atoms with Crippen LogP contribution < -0.4 is 5.11 Å². The van der Waals surface area contributed by atoms with Crippen molar-refractivity contribution in [2.24, 2.45) is 0 Å². The molecule has 18 heavy (non-hydrogen) atoms. The van der Waals surface area contributed by atoms with E-state index in [1.807, 2.05) is 0 Å². The monoisotopic (exact) mass is 303 g/mol. The SMILES string of the molecule is O=C([O-])[C@](O)(c1cc(Cl)c(O)c(Cl)c1)C(F)(F)F. The van der Waals surface area contributed by atoms with Crippen LogP contribution in [0, 0.1) is 0 Å². The molecule has 0 saturated carbocycles. The number of alkyl halides is 3. The molecule has 0 unspecified atom stereocenters. The summed E-state index contributed by atoms with van der Waals surface area (Å²) < 4.78 is 37.8. The summed E-state index contributed by atoms with van der Waals surface area (Å²) in [5, 5.41) is 27.7. The molecule has 100 valence electrons.